The molecule has 0 amide bonds. The van der Waals surface area contributed by atoms with E-state index in [1.807, 2.05) is 58.0 Å². The minimum Gasteiger partial charge on any atom is -0.507 e. The average Bonchev–Trinajstić information content (AvgIpc) is 3.03. The molecule has 3 rings (SSSR count). The lowest BCUT2D eigenvalue weighted by Gasteiger charge is -2.24. The van der Waals surface area contributed by atoms with Gasteiger partial charge in [0.15, 0.2) is 0 Å². The lowest BCUT2D eigenvalue weighted by molar-refractivity contribution is 0.453. The number of aromatic hydroxyl groups is 2. The van der Waals surface area contributed by atoms with Crippen molar-refractivity contribution >= 4 is 0 Å². The molecule has 1 aliphatic carbocycles. The maximum Gasteiger partial charge on any atom is 0.122 e. The van der Waals surface area contributed by atoms with Gasteiger partial charge < -0.3 is 10.2 Å². The van der Waals surface area contributed by atoms with Gasteiger partial charge in [-0.3, -0.25) is 0 Å². The van der Waals surface area contributed by atoms with Crippen molar-refractivity contribution in [1.29, 1.82) is 0 Å². The van der Waals surface area contributed by atoms with E-state index in [-0.39, 0.29) is 5.92 Å². The minimum absolute atomic E-state index is 0.141. The van der Waals surface area contributed by atoms with Gasteiger partial charge in [-0.05, 0) is 45.2 Å². The molecular formula is C22H24O2. The third-order valence-electron chi connectivity index (χ3n) is 4.74. The molecule has 2 heteroatoms. The Bertz CT molecular complexity index is 799. The minimum atomic E-state index is -0.141. The topological polar surface area (TPSA) is 40.5 Å². The summed E-state index contributed by atoms with van der Waals surface area (Å²) in [6.07, 6.45) is 7.09. The number of allylic oxidation sites excluding steroid dienone is 4. The molecule has 0 spiro atoms. The number of aryl methyl sites for hydroxylation is 4. The highest BCUT2D eigenvalue weighted by molar-refractivity contribution is 5.58. The van der Waals surface area contributed by atoms with Crippen molar-refractivity contribution in [3.63, 3.8) is 0 Å². The standard InChI is InChI=1S/C22H24O2/c1-13-9-15(3)21(23)18(11-13)20(17-7-5-6-8-17)19-12-14(2)10-16(4)22(19)24/h5-7,9-12,20,23-24H,8H2,1-4H3. The summed E-state index contributed by atoms with van der Waals surface area (Å²) in [4.78, 5) is 0. The lowest BCUT2D eigenvalue weighted by Crippen LogP contribution is -2.07. The number of benzene rings is 2. The molecule has 0 saturated carbocycles. The molecule has 2 N–H and O–H groups in total. The van der Waals surface area contributed by atoms with Crippen molar-refractivity contribution in [2.75, 3.05) is 0 Å². The predicted octanol–water partition coefficient (Wildman–Crippen LogP) is 5.35. The molecular weight excluding hydrogens is 296 g/mol. The van der Waals surface area contributed by atoms with Crippen LogP contribution in [0.1, 0.15) is 45.7 Å². The maximum atomic E-state index is 10.7. The SMILES string of the molecule is Cc1cc(C)c(O)c(C(C2=CC=CC2)c2cc(C)cc(C)c2O)c1. The van der Waals surface area contributed by atoms with E-state index in [1.165, 1.54) is 5.57 Å². The highest BCUT2D eigenvalue weighted by Gasteiger charge is 2.26. The zero-order valence-electron chi connectivity index (χ0n) is 14.7. The van der Waals surface area contributed by atoms with E-state index < -0.39 is 0 Å². The van der Waals surface area contributed by atoms with Gasteiger partial charge in [-0.15, -0.1) is 0 Å². The highest BCUT2D eigenvalue weighted by Crippen LogP contribution is 2.45. The summed E-state index contributed by atoms with van der Waals surface area (Å²) in [7, 11) is 0. The molecule has 2 nitrogen and oxygen atoms in total. The Kier molecular flexibility index (Phi) is 4.23. The van der Waals surface area contributed by atoms with E-state index >= 15 is 0 Å². The maximum absolute atomic E-state index is 10.7. The van der Waals surface area contributed by atoms with Crippen LogP contribution in [-0.2, 0) is 0 Å². The fourth-order valence-electron chi connectivity index (χ4n) is 3.67. The summed E-state index contributed by atoms with van der Waals surface area (Å²) in [5.41, 5.74) is 6.87. The van der Waals surface area contributed by atoms with Crippen molar-refractivity contribution < 1.29 is 10.2 Å². The van der Waals surface area contributed by atoms with Crippen LogP contribution in [0.25, 0.3) is 0 Å². The molecule has 0 atom stereocenters. The molecule has 0 aromatic heterocycles. The van der Waals surface area contributed by atoms with Crippen LogP contribution < -0.4 is 0 Å². The molecule has 24 heavy (non-hydrogen) atoms. The largest absolute Gasteiger partial charge is 0.507 e. The van der Waals surface area contributed by atoms with Crippen molar-refractivity contribution in [2.45, 2.75) is 40.0 Å². The normalized spacial score (nSPS) is 13.6. The zero-order chi connectivity index (χ0) is 17.4. The number of hydrogen-bond acceptors (Lipinski definition) is 2. The third kappa shape index (κ3) is 2.84. The Labute approximate surface area is 143 Å². The first-order chi connectivity index (χ1) is 11.4. The summed E-state index contributed by atoms with van der Waals surface area (Å²) < 4.78 is 0. The fraction of sp³-hybridized carbons (Fsp3) is 0.273. The third-order valence-corrected chi connectivity index (χ3v) is 4.74. The van der Waals surface area contributed by atoms with Gasteiger partial charge in [-0.1, -0.05) is 59.2 Å². The summed E-state index contributed by atoms with van der Waals surface area (Å²) in [6, 6.07) is 8.03. The highest BCUT2D eigenvalue weighted by atomic mass is 16.3. The fourth-order valence-corrected chi connectivity index (χ4v) is 3.67. The molecule has 0 radical (unpaired) electrons. The summed E-state index contributed by atoms with van der Waals surface area (Å²) >= 11 is 0. The van der Waals surface area contributed by atoms with Crippen LogP contribution >= 0.6 is 0 Å². The molecule has 2 aromatic carbocycles. The zero-order valence-corrected chi connectivity index (χ0v) is 14.7. The molecule has 0 unspecified atom stereocenters. The van der Waals surface area contributed by atoms with Crippen molar-refractivity contribution in [2.24, 2.45) is 0 Å². The van der Waals surface area contributed by atoms with E-state index in [9.17, 15) is 10.2 Å². The monoisotopic (exact) mass is 320 g/mol. The van der Waals surface area contributed by atoms with Gasteiger partial charge in [0.2, 0.25) is 0 Å². The summed E-state index contributed by atoms with van der Waals surface area (Å²) in [5.74, 6) is 0.492. The van der Waals surface area contributed by atoms with E-state index in [4.69, 9.17) is 0 Å². The smallest absolute Gasteiger partial charge is 0.122 e. The Morgan fingerprint density at radius 3 is 1.71 bits per heavy atom. The number of phenols is 2. The van der Waals surface area contributed by atoms with Crippen molar-refractivity contribution in [3.05, 3.63) is 81.4 Å². The van der Waals surface area contributed by atoms with Crippen LogP contribution in [0.3, 0.4) is 0 Å². The number of rotatable bonds is 3. The summed E-state index contributed by atoms with van der Waals surface area (Å²) in [5, 5.41) is 21.4. The second-order valence-electron chi connectivity index (χ2n) is 6.85. The van der Waals surface area contributed by atoms with E-state index in [1.54, 1.807) is 0 Å². The van der Waals surface area contributed by atoms with E-state index in [0.29, 0.717) is 11.5 Å². The molecule has 124 valence electrons. The molecule has 0 aliphatic heterocycles. The van der Waals surface area contributed by atoms with Crippen LogP contribution in [0.4, 0.5) is 0 Å². The van der Waals surface area contributed by atoms with E-state index in [2.05, 4.69) is 12.2 Å². The first kappa shape index (κ1) is 16.4. The molecule has 1 aliphatic rings. The predicted molar refractivity (Wildman–Crippen MR) is 98.8 cm³/mol. The quantitative estimate of drug-likeness (QED) is 0.800. The van der Waals surface area contributed by atoms with Crippen LogP contribution in [0.5, 0.6) is 11.5 Å². The van der Waals surface area contributed by atoms with Crippen LogP contribution in [-0.4, -0.2) is 10.2 Å². The molecule has 0 saturated heterocycles. The van der Waals surface area contributed by atoms with Crippen LogP contribution in [0.15, 0.2) is 48.1 Å². The summed E-state index contributed by atoms with van der Waals surface area (Å²) in [6.45, 7) is 7.92. The molecule has 0 bridgehead atoms. The molecule has 0 fully saturated rings. The molecule has 0 heterocycles. The van der Waals surface area contributed by atoms with Gasteiger partial charge in [0.25, 0.3) is 0 Å². The van der Waals surface area contributed by atoms with Gasteiger partial charge in [-0.25, -0.2) is 0 Å². The first-order valence-electron chi connectivity index (χ1n) is 8.34. The number of hydrogen-bond donors (Lipinski definition) is 2. The second kappa shape index (κ2) is 6.20. The van der Waals surface area contributed by atoms with Crippen molar-refractivity contribution in [1.82, 2.24) is 0 Å². The van der Waals surface area contributed by atoms with Gasteiger partial charge in [0.1, 0.15) is 11.5 Å². The second-order valence-corrected chi connectivity index (χ2v) is 6.85. The Morgan fingerprint density at radius 2 is 1.29 bits per heavy atom. The first-order valence-corrected chi connectivity index (χ1v) is 8.34. The Morgan fingerprint density at radius 1 is 0.792 bits per heavy atom. The van der Waals surface area contributed by atoms with Crippen molar-refractivity contribution in [3.8, 4) is 11.5 Å². The lowest BCUT2D eigenvalue weighted by atomic mass is 9.81. The van der Waals surface area contributed by atoms with Crippen LogP contribution in [0.2, 0.25) is 0 Å². The van der Waals surface area contributed by atoms with Gasteiger partial charge >= 0.3 is 0 Å². The Balaban J connectivity index is 2.27. The molecule has 2 aromatic rings. The van der Waals surface area contributed by atoms with Gasteiger partial charge in [-0.2, -0.15) is 0 Å². The average molecular weight is 320 g/mol. The van der Waals surface area contributed by atoms with Gasteiger partial charge in [0.05, 0.1) is 0 Å². The van der Waals surface area contributed by atoms with E-state index in [0.717, 1.165) is 39.8 Å². The van der Waals surface area contributed by atoms with Gasteiger partial charge in [0, 0.05) is 17.0 Å². The van der Waals surface area contributed by atoms with Crippen LogP contribution in [0, 0.1) is 27.7 Å². The number of phenolic OH excluding ortho intramolecular Hbond substituents is 2. The Hall–Kier alpha value is -2.48.